The van der Waals surface area contributed by atoms with Gasteiger partial charge in [-0.15, -0.1) is 10.2 Å². The number of hydrogen-bond acceptors (Lipinski definition) is 5. The highest BCUT2D eigenvalue weighted by atomic mass is 19.1. The molecule has 29 heavy (non-hydrogen) atoms. The van der Waals surface area contributed by atoms with Gasteiger partial charge in [0.15, 0.2) is 11.6 Å². The second-order valence-electron chi connectivity index (χ2n) is 7.21. The van der Waals surface area contributed by atoms with Crippen LogP contribution in [-0.4, -0.2) is 49.8 Å². The smallest absolute Gasteiger partial charge is 0.257 e. The zero-order valence-electron chi connectivity index (χ0n) is 15.5. The van der Waals surface area contributed by atoms with E-state index in [1.165, 1.54) is 12.1 Å². The van der Waals surface area contributed by atoms with Crippen LogP contribution in [0.5, 0.6) is 0 Å². The molecule has 2 aliphatic heterocycles. The summed E-state index contributed by atoms with van der Waals surface area (Å²) >= 11 is 0. The summed E-state index contributed by atoms with van der Waals surface area (Å²) in [5.74, 6) is -0.288. The molecule has 2 bridgehead atoms. The molecule has 7 nitrogen and oxygen atoms in total. The van der Waals surface area contributed by atoms with E-state index in [0.717, 1.165) is 6.20 Å². The molecule has 0 unspecified atom stereocenters. The molecular formula is C20H17F2N5O2. The number of fused-ring (bicyclic) bond motifs is 4. The van der Waals surface area contributed by atoms with Crippen molar-refractivity contribution in [3.63, 3.8) is 0 Å². The summed E-state index contributed by atoms with van der Waals surface area (Å²) in [6.07, 6.45) is 1.13. The van der Waals surface area contributed by atoms with E-state index in [-0.39, 0.29) is 24.1 Å². The van der Waals surface area contributed by atoms with Crippen LogP contribution in [0, 0.1) is 18.6 Å². The SMILES string of the molecule is Cc1cccc(C(=O)N2[C@H]3COC[C@@H]2c2nnc(-c4ccc(F)cn4)n2C3)c1F. The summed E-state index contributed by atoms with van der Waals surface area (Å²) in [6.45, 7) is 2.57. The Morgan fingerprint density at radius 2 is 2.03 bits per heavy atom. The number of carbonyl (C=O) groups is 1. The van der Waals surface area contributed by atoms with Crippen LogP contribution >= 0.6 is 0 Å². The maximum atomic E-state index is 14.6. The quantitative estimate of drug-likeness (QED) is 0.665. The highest BCUT2D eigenvalue weighted by Gasteiger charge is 2.44. The van der Waals surface area contributed by atoms with Crippen molar-refractivity contribution >= 4 is 5.91 Å². The van der Waals surface area contributed by atoms with Crippen molar-refractivity contribution in [3.05, 3.63) is 65.1 Å². The van der Waals surface area contributed by atoms with Crippen LogP contribution in [0.4, 0.5) is 8.78 Å². The van der Waals surface area contributed by atoms with Crippen LogP contribution in [0.15, 0.2) is 36.5 Å². The molecule has 3 aromatic rings. The fourth-order valence-electron chi connectivity index (χ4n) is 3.98. The summed E-state index contributed by atoms with van der Waals surface area (Å²) in [7, 11) is 0. The van der Waals surface area contributed by atoms with Crippen LogP contribution in [0.1, 0.15) is 27.8 Å². The Balaban J connectivity index is 1.55. The minimum atomic E-state index is -0.514. The Morgan fingerprint density at radius 3 is 2.83 bits per heavy atom. The van der Waals surface area contributed by atoms with Gasteiger partial charge < -0.3 is 14.2 Å². The molecule has 1 saturated heterocycles. The van der Waals surface area contributed by atoms with Gasteiger partial charge in [-0.1, -0.05) is 12.1 Å². The first kappa shape index (κ1) is 17.9. The first-order valence-corrected chi connectivity index (χ1v) is 9.25. The fourth-order valence-corrected chi connectivity index (χ4v) is 3.98. The van der Waals surface area contributed by atoms with E-state index in [1.807, 2.05) is 4.57 Å². The molecule has 1 amide bonds. The number of carbonyl (C=O) groups excluding carboxylic acids is 1. The zero-order valence-corrected chi connectivity index (χ0v) is 15.5. The van der Waals surface area contributed by atoms with E-state index < -0.39 is 17.7 Å². The van der Waals surface area contributed by atoms with Gasteiger partial charge in [-0.2, -0.15) is 0 Å². The first-order chi connectivity index (χ1) is 14.0. The van der Waals surface area contributed by atoms with Gasteiger partial charge in [0.1, 0.15) is 23.4 Å². The molecule has 1 aromatic carbocycles. The standard InChI is InChI=1S/C20H17F2N5O2/c1-11-3-2-4-14(17(11)22)20(28)27-13-8-26-18(15-6-5-12(21)7-23-15)24-25-19(26)16(27)10-29-9-13/h2-7,13,16H,8-10H2,1H3/t13-,16-/m1/s1. The molecule has 0 aliphatic carbocycles. The third kappa shape index (κ3) is 2.80. The number of nitrogens with zero attached hydrogens (tertiary/aromatic N) is 5. The zero-order chi connectivity index (χ0) is 20.1. The van der Waals surface area contributed by atoms with E-state index in [2.05, 4.69) is 15.2 Å². The second kappa shape index (κ2) is 6.70. The number of rotatable bonds is 2. The normalized spacial score (nSPS) is 20.4. The van der Waals surface area contributed by atoms with E-state index >= 15 is 0 Å². The predicted molar refractivity (Wildman–Crippen MR) is 97.9 cm³/mol. The number of amides is 1. The number of morpholine rings is 1. The maximum Gasteiger partial charge on any atom is 0.257 e. The number of hydrogen-bond donors (Lipinski definition) is 0. The summed E-state index contributed by atoms with van der Waals surface area (Å²) < 4.78 is 35.4. The highest BCUT2D eigenvalue weighted by molar-refractivity contribution is 5.95. The van der Waals surface area contributed by atoms with Crippen LogP contribution in [0.25, 0.3) is 11.5 Å². The average Bonchev–Trinajstić information content (AvgIpc) is 3.13. The Morgan fingerprint density at radius 1 is 1.17 bits per heavy atom. The number of benzene rings is 1. The Bertz CT molecular complexity index is 1100. The van der Waals surface area contributed by atoms with Crippen molar-refractivity contribution in [2.24, 2.45) is 0 Å². The van der Waals surface area contributed by atoms with Crippen LogP contribution < -0.4 is 0 Å². The van der Waals surface area contributed by atoms with Crippen molar-refractivity contribution < 1.29 is 18.3 Å². The minimum Gasteiger partial charge on any atom is -0.377 e. The largest absolute Gasteiger partial charge is 0.377 e. The van der Waals surface area contributed by atoms with Crippen molar-refractivity contribution in [1.29, 1.82) is 0 Å². The molecule has 2 aliphatic rings. The lowest BCUT2D eigenvalue weighted by molar-refractivity contribution is -0.0571. The van der Waals surface area contributed by atoms with Crippen molar-refractivity contribution in [2.45, 2.75) is 25.6 Å². The van der Waals surface area contributed by atoms with Gasteiger partial charge in [-0.05, 0) is 30.7 Å². The lowest BCUT2D eigenvalue weighted by Gasteiger charge is -2.45. The van der Waals surface area contributed by atoms with E-state index in [0.29, 0.717) is 36.1 Å². The molecule has 0 radical (unpaired) electrons. The van der Waals surface area contributed by atoms with Crippen LogP contribution in [0.3, 0.4) is 0 Å². The maximum absolute atomic E-state index is 14.6. The highest BCUT2D eigenvalue weighted by Crippen LogP contribution is 2.36. The number of aryl methyl sites for hydroxylation is 1. The number of pyridine rings is 1. The Kier molecular flexibility index (Phi) is 4.13. The molecule has 0 N–H and O–H groups in total. The minimum absolute atomic E-state index is 0.0373. The van der Waals surface area contributed by atoms with Gasteiger partial charge in [-0.3, -0.25) is 4.79 Å². The lowest BCUT2D eigenvalue weighted by Crippen LogP contribution is -2.56. The Labute approximate surface area is 165 Å². The van der Waals surface area contributed by atoms with Gasteiger partial charge in [0.2, 0.25) is 0 Å². The summed E-state index contributed by atoms with van der Waals surface area (Å²) in [5, 5.41) is 8.47. The fraction of sp³-hybridized carbons (Fsp3) is 0.300. The first-order valence-electron chi connectivity index (χ1n) is 9.25. The van der Waals surface area contributed by atoms with Gasteiger partial charge in [0.05, 0.1) is 31.0 Å². The molecule has 148 valence electrons. The van der Waals surface area contributed by atoms with E-state index in [4.69, 9.17) is 4.74 Å². The topological polar surface area (TPSA) is 73.1 Å². The van der Waals surface area contributed by atoms with Gasteiger partial charge in [-0.25, -0.2) is 13.8 Å². The van der Waals surface area contributed by atoms with Gasteiger partial charge in [0, 0.05) is 6.54 Å². The van der Waals surface area contributed by atoms with Gasteiger partial charge in [0.25, 0.3) is 5.91 Å². The molecule has 1 fully saturated rings. The molecule has 4 heterocycles. The number of aromatic nitrogens is 4. The number of ether oxygens (including phenoxy) is 1. The molecule has 9 heteroatoms. The average molecular weight is 397 g/mol. The van der Waals surface area contributed by atoms with Gasteiger partial charge >= 0.3 is 0 Å². The number of halogens is 2. The predicted octanol–water partition coefficient (Wildman–Crippen LogP) is 2.52. The van der Waals surface area contributed by atoms with Crippen molar-refractivity contribution in [3.8, 4) is 11.5 Å². The molecule has 2 atom stereocenters. The molecule has 5 rings (SSSR count). The summed E-state index contributed by atoms with van der Waals surface area (Å²) in [5.41, 5.74) is 0.950. The van der Waals surface area contributed by atoms with E-state index in [1.54, 1.807) is 30.0 Å². The molecular weight excluding hydrogens is 380 g/mol. The summed E-state index contributed by atoms with van der Waals surface area (Å²) in [6, 6.07) is 6.86. The van der Waals surface area contributed by atoms with Crippen molar-refractivity contribution in [1.82, 2.24) is 24.6 Å². The van der Waals surface area contributed by atoms with Crippen molar-refractivity contribution in [2.75, 3.05) is 13.2 Å². The lowest BCUT2D eigenvalue weighted by atomic mass is 10.0. The van der Waals surface area contributed by atoms with E-state index in [9.17, 15) is 13.6 Å². The Hall–Kier alpha value is -3.20. The molecule has 0 saturated carbocycles. The molecule has 0 spiro atoms. The second-order valence-corrected chi connectivity index (χ2v) is 7.21. The summed E-state index contributed by atoms with van der Waals surface area (Å²) in [4.78, 5) is 19.0. The molecule has 2 aromatic heterocycles. The third-order valence-corrected chi connectivity index (χ3v) is 5.40. The third-order valence-electron chi connectivity index (χ3n) is 5.40. The van der Waals surface area contributed by atoms with Crippen LogP contribution in [0.2, 0.25) is 0 Å². The monoisotopic (exact) mass is 397 g/mol. The van der Waals surface area contributed by atoms with Crippen LogP contribution in [-0.2, 0) is 11.3 Å².